The average molecular weight is 289 g/mol. The molecule has 0 aromatic rings. The van der Waals surface area contributed by atoms with Crippen molar-refractivity contribution in [3.63, 3.8) is 0 Å². The van der Waals surface area contributed by atoms with Crippen LogP contribution in [0, 0.1) is 11.8 Å². The number of hydrogen-bond donors (Lipinski definition) is 2. The van der Waals surface area contributed by atoms with Crippen LogP contribution in [0.25, 0.3) is 0 Å². The zero-order chi connectivity index (χ0) is 14.3. The Balaban J connectivity index is 2.44. The highest BCUT2D eigenvalue weighted by Crippen LogP contribution is 2.33. The predicted octanol–water partition coefficient (Wildman–Crippen LogP) is 1.50. The molecule has 1 radical (unpaired) electrons. The maximum atomic E-state index is 5.97. The molecule has 3 unspecified atom stereocenters. The molecule has 0 aliphatic heterocycles. The van der Waals surface area contributed by atoms with Crippen molar-refractivity contribution >= 4 is 9.53 Å². The Hall–Kier alpha value is 0.0169. The van der Waals surface area contributed by atoms with E-state index in [1.54, 1.807) is 0 Å². The Bertz CT molecular complexity index is 238. The minimum atomic E-state index is -1.59. The van der Waals surface area contributed by atoms with Gasteiger partial charge in [0, 0.05) is 19.3 Å². The summed E-state index contributed by atoms with van der Waals surface area (Å²) in [6, 6.07) is 0. The summed E-state index contributed by atoms with van der Waals surface area (Å²) in [7, 11) is -1.59. The Labute approximate surface area is 118 Å². The largest absolute Gasteiger partial charge is 0.577 e. The molecule has 0 spiro atoms. The highest BCUT2D eigenvalue weighted by atomic mass is 28.3. The number of rotatable bonds is 8. The summed E-state index contributed by atoms with van der Waals surface area (Å²) in [4.78, 5) is 0. The van der Waals surface area contributed by atoms with Crippen molar-refractivity contribution < 1.29 is 13.3 Å². The van der Waals surface area contributed by atoms with E-state index in [0.717, 1.165) is 12.8 Å². The second-order valence-electron chi connectivity index (χ2n) is 5.20. The van der Waals surface area contributed by atoms with Gasteiger partial charge in [0.15, 0.2) is 0 Å². The average Bonchev–Trinajstić information content (AvgIpc) is 2.39. The Kier molecular flexibility index (Phi) is 8.13. The van der Waals surface area contributed by atoms with Crippen molar-refractivity contribution in [3.8, 4) is 0 Å². The van der Waals surface area contributed by atoms with Crippen LogP contribution >= 0.6 is 0 Å². The maximum absolute atomic E-state index is 5.97. The van der Waals surface area contributed by atoms with Gasteiger partial charge < -0.3 is 24.7 Å². The van der Waals surface area contributed by atoms with Gasteiger partial charge in [-0.05, 0) is 51.9 Å². The van der Waals surface area contributed by atoms with Crippen LogP contribution in [0.4, 0.5) is 0 Å². The van der Waals surface area contributed by atoms with E-state index in [2.05, 4.69) is 6.92 Å². The second kappa shape index (κ2) is 9.04. The fourth-order valence-corrected chi connectivity index (χ4v) is 3.82. The summed E-state index contributed by atoms with van der Waals surface area (Å²) in [6.07, 6.45) is 4.48. The highest BCUT2D eigenvalue weighted by Gasteiger charge is 2.31. The summed E-state index contributed by atoms with van der Waals surface area (Å²) in [5, 5.41) is 0. The Morgan fingerprint density at radius 2 is 1.68 bits per heavy atom. The lowest BCUT2D eigenvalue weighted by atomic mass is 9.78. The van der Waals surface area contributed by atoms with E-state index in [-0.39, 0.29) is 12.3 Å². The molecule has 1 aliphatic carbocycles. The van der Waals surface area contributed by atoms with Gasteiger partial charge in [-0.2, -0.15) is 0 Å². The van der Waals surface area contributed by atoms with Crippen molar-refractivity contribution in [2.75, 3.05) is 13.2 Å². The molecule has 1 rings (SSSR count). The predicted molar refractivity (Wildman–Crippen MR) is 77.2 cm³/mol. The van der Waals surface area contributed by atoms with Gasteiger partial charge in [0.1, 0.15) is 0 Å². The summed E-state index contributed by atoms with van der Waals surface area (Å²) in [5.41, 5.74) is 11.6. The van der Waals surface area contributed by atoms with Crippen molar-refractivity contribution in [1.29, 1.82) is 0 Å². The number of nitrogens with two attached hydrogens (primary N) is 2. The monoisotopic (exact) mass is 289 g/mol. The number of hydrogen-bond acceptors (Lipinski definition) is 5. The minimum absolute atomic E-state index is 0.147. The van der Waals surface area contributed by atoms with Crippen molar-refractivity contribution in [2.24, 2.45) is 23.3 Å². The first-order valence-corrected chi connectivity index (χ1v) is 8.61. The summed E-state index contributed by atoms with van der Waals surface area (Å²) < 4.78 is 17.0. The molecule has 5 nitrogen and oxygen atoms in total. The van der Waals surface area contributed by atoms with Crippen LogP contribution in [0.1, 0.15) is 46.5 Å². The van der Waals surface area contributed by atoms with Gasteiger partial charge in [-0.25, -0.2) is 0 Å². The molecule has 4 N–H and O–H groups in total. The third kappa shape index (κ3) is 5.89. The van der Waals surface area contributed by atoms with Crippen LogP contribution in [-0.4, -0.2) is 35.0 Å². The lowest BCUT2D eigenvalue weighted by Crippen LogP contribution is -2.43. The van der Waals surface area contributed by atoms with Crippen LogP contribution in [0.2, 0.25) is 0 Å². The first kappa shape index (κ1) is 17.1. The van der Waals surface area contributed by atoms with E-state index < -0.39 is 9.53 Å². The standard InChI is InChI=1S/C13H29N2O3Si/c1-4-16-19(17-5-2)18-10(3)11-7-6-8-12(9-11)13(14)15/h10-13H,4-9,14-15H2,1-3H3. The molecule has 19 heavy (non-hydrogen) atoms. The molecular weight excluding hydrogens is 260 g/mol. The molecule has 1 saturated carbocycles. The SMILES string of the molecule is CCO[Si](OCC)OC(C)C1CCCC(C(N)N)C1. The van der Waals surface area contributed by atoms with Gasteiger partial charge in [0.05, 0.1) is 6.17 Å². The van der Waals surface area contributed by atoms with E-state index in [1.807, 2.05) is 13.8 Å². The van der Waals surface area contributed by atoms with Gasteiger partial charge in [-0.3, -0.25) is 0 Å². The highest BCUT2D eigenvalue weighted by molar-refractivity contribution is 6.36. The molecule has 3 atom stereocenters. The van der Waals surface area contributed by atoms with Gasteiger partial charge in [-0.1, -0.05) is 6.42 Å². The zero-order valence-electron chi connectivity index (χ0n) is 12.4. The Morgan fingerprint density at radius 1 is 1.11 bits per heavy atom. The van der Waals surface area contributed by atoms with E-state index in [0.29, 0.717) is 25.0 Å². The molecule has 0 amide bonds. The molecule has 0 aromatic carbocycles. The van der Waals surface area contributed by atoms with E-state index >= 15 is 0 Å². The minimum Gasteiger partial charge on any atom is -0.371 e. The van der Waals surface area contributed by atoms with E-state index in [4.69, 9.17) is 24.7 Å². The van der Waals surface area contributed by atoms with Crippen LogP contribution < -0.4 is 11.5 Å². The lowest BCUT2D eigenvalue weighted by molar-refractivity contribution is 0.0264. The van der Waals surface area contributed by atoms with Gasteiger partial charge >= 0.3 is 9.53 Å². The molecule has 0 heterocycles. The zero-order valence-corrected chi connectivity index (χ0v) is 13.4. The smallest absolute Gasteiger partial charge is 0.371 e. The quantitative estimate of drug-likeness (QED) is 0.523. The Morgan fingerprint density at radius 3 is 2.21 bits per heavy atom. The first-order chi connectivity index (χ1) is 9.08. The first-order valence-electron chi connectivity index (χ1n) is 7.38. The summed E-state index contributed by atoms with van der Waals surface area (Å²) >= 11 is 0. The fraction of sp³-hybridized carbons (Fsp3) is 1.00. The second-order valence-corrected chi connectivity index (χ2v) is 6.52. The van der Waals surface area contributed by atoms with E-state index in [9.17, 15) is 0 Å². The summed E-state index contributed by atoms with van der Waals surface area (Å²) in [6.45, 7) is 7.28. The van der Waals surface area contributed by atoms with Gasteiger partial charge in [-0.15, -0.1) is 0 Å². The normalized spacial score (nSPS) is 26.1. The third-order valence-electron chi connectivity index (χ3n) is 3.77. The van der Waals surface area contributed by atoms with Crippen LogP contribution in [0.15, 0.2) is 0 Å². The van der Waals surface area contributed by atoms with Gasteiger partial charge in [0.25, 0.3) is 0 Å². The fourth-order valence-electron chi connectivity index (χ4n) is 2.64. The van der Waals surface area contributed by atoms with Crippen molar-refractivity contribution in [2.45, 2.75) is 58.7 Å². The van der Waals surface area contributed by atoms with Crippen LogP contribution in [-0.2, 0) is 13.3 Å². The molecule has 0 aromatic heterocycles. The topological polar surface area (TPSA) is 79.7 Å². The van der Waals surface area contributed by atoms with Crippen molar-refractivity contribution in [1.82, 2.24) is 0 Å². The molecule has 0 bridgehead atoms. The van der Waals surface area contributed by atoms with Crippen molar-refractivity contribution in [3.05, 3.63) is 0 Å². The third-order valence-corrected chi connectivity index (χ3v) is 5.38. The summed E-state index contributed by atoms with van der Waals surface area (Å²) in [5.74, 6) is 0.925. The van der Waals surface area contributed by atoms with E-state index in [1.165, 1.54) is 12.8 Å². The molecule has 0 saturated heterocycles. The molecule has 6 heteroatoms. The molecule has 113 valence electrons. The maximum Gasteiger partial charge on any atom is 0.577 e. The molecular formula is C13H29N2O3Si. The lowest BCUT2D eigenvalue weighted by Gasteiger charge is -2.35. The molecule has 1 aliphatic rings. The van der Waals surface area contributed by atoms with Crippen LogP contribution in [0.3, 0.4) is 0 Å². The van der Waals surface area contributed by atoms with Gasteiger partial charge in [0.2, 0.25) is 0 Å². The molecule has 1 fully saturated rings. The van der Waals surface area contributed by atoms with Crippen LogP contribution in [0.5, 0.6) is 0 Å².